The van der Waals surface area contributed by atoms with Crippen LogP contribution in [0.3, 0.4) is 0 Å². The highest BCUT2D eigenvalue weighted by Crippen LogP contribution is 2.13. The van der Waals surface area contributed by atoms with Gasteiger partial charge in [-0.1, -0.05) is 12.1 Å². The molecule has 0 heterocycles. The van der Waals surface area contributed by atoms with E-state index in [1.54, 1.807) is 0 Å². The molecule has 1 aromatic rings. The summed E-state index contributed by atoms with van der Waals surface area (Å²) in [6.07, 6.45) is 1.03. The first-order chi connectivity index (χ1) is 7.76. The molecule has 0 amide bonds. The van der Waals surface area contributed by atoms with Crippen LogP contribution in [0.2, 0.25) is 0 Å². The molecule has 0 fully saturated rings. The Hall–Kier alpha value is -1.06. The molecule has 0 aliphatic heterocycles. The summed E-state index contributed by atoms with van der Waals surface area (Å²) in [7, 11) is 1.98. The van der Waals surface area contributed by atoms with Crippen molar-refractivity contribution >= 4 is 0 Å². The van der Waals surface area contributed by atoms with Crippen LogP contribution in [0.1, 0.15) is 19.4 Å². The maximum absolute atomic E-state index is 5.39. The summed E-state index contributed by atoms with van der Waals surface area (Å²) in [6, 6.07) is 8.65. The van der Waals surface area contributed by atoms with E-state index >= 15 is 0 Å². The van der Waals surface area contributed by atoms with E-state index in [1.165, 1.54) is 5.56 Å². The van der Waals surface area contributed by atoms with Crippen LogP contribution in [-0.4, -0.2) is 26.5 Å². The second kappa shape index (κ2) is 7.25. The van der Waals surface area contributed by atoms with Crippen molar-refractivity contribution < 1.29 is 9.47 Å². The quantitative estimate of drug-likeness (QED) is 0.568. The van der Waals surface area contributed by atoms with Gasteiger partial charge in [0.1, 0.15) is 5.75 Å². The van der Waals surface area contributed by atoms with Crippen molar-refractivity contribution in [3.8, 4) is 5.75 Å². The summed E-state index contributed by atoms with van der Waals surface area (Å²) >= 11 is 0. The second-order valence-electron chi connectivity index (χ2n) is 3.79. The standard InChI is InChI=1S/C13H21NO2/c1-4-15-10-16-13-7-5-12(6-8-13)9-11(2)14-3/h5-8,11,14H,4,9-10H2,1-3H3. The molecule has 3 heteroatoms. The molecule has 0 bridgehead atoms. The van der Waals surface area contributed by atoms with E-state index in [1.807, 2.05) is 26.1 Å². The molecule has 1 N–H and O–H groups in total. The monoisotopic (exact) mass is 223 g/mol. The van der Waals surface area contributed by atoms with E-state index in [2.05, 4.69) is 24.4 Å². The van der Waals surface area contributed by atoms with Gasteiger partial charge in [0, 0.05) is 12.6 Å². The Morgan fingerprint density at radius 3 is 2.50 bits per heavy atom. The molecule has 0 saturated carbocycles. The van der Waals surface area contributed by atoms with Crippen LogP contribution in [-0.2, 0) is 11.2 Å². The van der Waals surface area contributed by atoms with Gasteiger partial charge >= 0.3 is 0 Å². The number of hydrogen-bond acceptors (Lipinski definition) is 3. The number of benzene rings is 1. The second-order valence-corrected chi connectivity index (χ2v) is 3.79. The molecular weight excluding hydrogens is 202 g/mol. The summed E-state index contributed by atoms with van der Waals surface area (Å²) in [5.41, 5.74) is 1.31. The van der Waals surface area contributed by atoms with Crippen LogP contribution in [0, 0.1) is 0 Å². The van der Waals surface area contributed by atoms with Crippen molar-refractivity contribution in [3.05, 3.63) is 29.8 Å². The average Bonchev–Trinajstić information content (AvgIpc) is 2.31. The van der Waals surface area contributed by atoms with Crippen molar-refractivity contribution in [1.29, 1.82) is 0 Å². The highest BCUT2D eigenvalue weighted by atomic mass is 16.7. The molecule has 1 aromatic carbocycles. The summed E-state index contributed by atoms with van der Waals surface area (Å²) < 4.78 is 10.5. The van der Waals surface area contributed by atoms with Crippen molar-refractivity contribution in [1.82, 2.24) is 5.32 Å². The van der Waals surface area contributed by atoms with Crippen molar-refractivity contribution in [2.75, 3.05) is 20.4 Å². The topological polar surface area (TPSA) is 30.5 Å². The predicted octanol–water partition coefficient (Wildman–Crippen LogP) is 2.21. The third-order valence-corrected chi connectivity index (χ3v) is 2.47. The first kappa shape index (κ1) is 13.0. The lowest BCUT2D eigenvalue weighted by molar-refractivity contribution is 0.0224. The lowest BCUT2D eigenvalue weighted by atomic mass is 10.1. The first-order valence-corrected chi connectivity index (χ1v) is 5.73. The lowest BCUT2D eigenvalue weighted by Gasteiger charge is -2.10. The lowest BCUT2D eigenvalue weighted by Crippen LogP contribution is -2.23. The fraction of sp³-hybridized carbons (Fsp3) is 0.538. The maximum Gasteiger partial charge on any atom is 0.189 e. The van der Waals surface area contributed by atoms with E-state index in [0.29, 0.717) is 19.4 Å². The van der Waals surface area contributed by atoms with Gasteiger partial charge in [0.15, 0.2) is 6.79 Å². The summed E-state index contributed by atoms with van der Waals surface area (Å²) in [6.45, 7) is 5.12. The molecule has 1 atom stereocenters. The molecule has 0 aliphatic rings. The van der Waals surface area contributed by atoms with Crippen LogP contribution < -0.4 is 10.1 Å². The van der Waals surface area contributed by atoms with Gasteiger partial charge < -0.3 is 14.8 Å². The molecular formula is C13H21NO2. The summed E-state index contributed by atoms with van der Waals surface area (Å²) in [5.74, 6) is 0.856. The van der Waals surface area contributed by atoms with Crippen LogP contribution in [0.15, 0.2) is 24.3 Å². The third-order valence-electron chi connectivity index (χ3n) is 2.47. The molecule has 0 radical (unpaired) electrons. The highest BCUT2D eigenvalue weighted by molar-refractivity contribution is 5.27. The zero-order chi connectivity index (χ0) is 11.8. The third kappa shape index (κ3) is 4.64. The van der Waals surface area contributed by atoms with Crippen molar-refractivity contribution in [2.45, 2.75) is 26.3 Å². The molecule has 3 nitrogen and oxygen atoms in total. The minimum absolute atomic E-state index is 0.322. The smallest absolute Gasteiger partial charge is 0.189 e. The number of nitrogens with one attached hydrogen (secondary N) is 1. The molecule has 0 aromatic heterocycles. The van der Waals surface area contributed by atoms with Gasteiger partial charge in [-0.15, -0.1) is 0 Å². The van der Waals surface area contributed by atoms with E-state index in [4.69, 9.17) is 9.47 Å². The van der Waals surface area contributed by atoms with E-state index in [0.717, 1.165) is 12.2 Å². The van der Waals surface area contributed by atoms with Crippen LogP contribution >= 0.6 is 0 Å². The Balaban J connectivity index is 2.41. The largest absolute Gasteiger partial charge is 0.468 e. The van der Waals surface area contributed by atoms with E-state index in [-0.39, 0.29) is 0 Å². The molecule has 16 heavy (non-hydrogen) atoms. The van der Waals surface area contributed by atoms with Crippen LogP contribution in [0.5, 0.6) is 5.75 Å². The number of hydrogen-bond donors (Lipinski definition) is 1. The highest BCUT2D eigenvalue weighted by Gasteiger charge is 2.00. The van der Waals surface area contributed by atoms with Gasteiger partial charge in [-0.25, -0.2) is 0 Å². The Labute approximate surface area is 97.8 Å². The van der Waals surface area contributed by atoms with Crippen LogP contribution in [0.4, 0.5) is 0 Å². The van der Waals surface area contributed by atoms with Gasteiger partial charge in [-0.2, -0.15) is 0 Å². The fourth-order valence-electron chi connectivity index (χ4n) is 1.37. The normalized spacial score (nSPS) is 12.4. The minimum atomic E-state index is 0.322. The Morgan fingerprint density at radius 1 is 1.25 bits per heavy atom. The molecule has 0 aliphatic carbocycles. The number of likely N-dealkylation sites (N-methyl/N-ethyl adjacent to an activating group) is 1. The zero-order valence-electron chi connectivity index (χ0n) is 10.3. The first-order valence-electron chi connectivity index (χ1n) is 5.73. The van der Waals surface area contributed by atoms with Crippen LogP contribution in [0.25, 0.3) is 0 Å². The van der Waals surface area contributed by atoms with Gasteiger partial charge in [-0.05, 0) is 45.0 Å². The Bertz CT molecular complexity index is 284. The van der Waals surface area contributed by atoms with Gasteiger partial charge in [-0.3, -0.25) is 0 Å². The minimum Gasteiger partial charge on any atom is -0.468 e. The van der Waals surface area contributed by atoms with Gasteiger partial charge in [0.2, 0.25) is 0 Å². The van der Waals surface area contributed by atoms with Gasteiger partial charge in [0.25, 0.3) is 0 Å². The molecule has 1 unspecified atom stereocenters. The Morgan fingerprint density at radius 2 is 1.94 bits per heavy atom. The predicted molar refractivity (Wildman–Crippen MR) is 65.8 cm³/mol. The van der Waals surface area contributed by atoms with Crippen molar-refractivity contribution in [3.63, 3.8) is 0 Å². The number of rotatable bonds is 7. The molecule has 1 rings (SSSR count). The van der Waals surface area contributed by atoms with E-state index < -0.39 is 0 Å². The SMILES string of the molecule is CCOCOc1ccc(CC(C)NC)cc1. The molecule has 0 saturated heterocycles. The van der Waals surface area contributed by atoms with Gasteiger partial charge in [0.05, 0.1) is 0 Å². The molecule has 0 spiro atoms. The fourth-order valence-corrected chi connectivity index (χ4v) is 1.37. The summed E-state index contributed by atoms with van der Waals surface area (Å²) in [5, 5.41) is 3.22. The number of ether oxygens (including phenoxy) is 2. The maximum atomic E-state index is 5.39. The Kier molecular flexibility index (Phi) is 5.90. The average molecular weight is 223 g/mol. The van der Waals surface area contributed by atoms with E-state index in [9.17, 15) is 0 Å². The summed E-state index contributed by atoms with van der Waals surface area (Å²) in [4.78, 5) is 0. The zero-order valence-corrected chi connectivity index (χ0v) is 10.3. The molecule has 90 valence electrons. The van der Waals surface area contributed by atoms with Crippen molar-refractivity contribution in [2.24, 2.45) is 0 Å².